The Kier molecular flexibility index (Phi) is 4.17. The Hall–Kier alpha value is -1.52. The minimum Gasteiger partial charge on any atom is -0.378 e. The number of thiophene rings is 1. The smallest absolute Gasteiger partial charge is 0.227 e. The molecule has 1 aliphatic rings. The minimum absolute atomic E-state index is 0.187. The lowest BCUT2D eigenvalue weighted by Gasteiger charge is -2.19. The number of hydrogen-bond acceptors (Lipinski definition) is 3. The second kappa shape index (κ2) is 6.08. The van der Waals surface area contributed by atoms with Crippen LogP contribution in [0.25, 0.3) is 0 Å². The molecule has 2 aromatic rings. The Morgan fingerprint density at radius 2 is 2.19 bits per heavy atom. The summed E-state index contributed by atoms with van der Waals surface area (Å²) in [6, 6.07) is 12.2. The number of anilines is 2. The normalized spacial score (nSPS) is 16.3. The molecule has 1 N–H and O–H groups in total. The highest BCUT2D eigenvalue weighted by Gasteiger charge is 2.21. The molecule has 0 radical (unpaired) electrons. The summed E-state index contributed by atoms with van der Waals surface area (Å²) in [6.07, 6.45) is 1.60. The Bertz CT molecular complexity index is 655. The monoisotopic (exact) mass is 320 g/mol. The maximum absolute atomic E-state index is 11.8. The van der Waals surface area contributed by atoms with E-state index in [0.29, 0.717) is 6.42 Å². The minimum atomic E-state index is 0.187. The van der Waals surface area contributed by atoms with Crippen molar-refractivity contribution in [3.05, 3.63) is 45.6 Å². The van der Waals surface area contributed by atoms with Crippen LogP contribution in [0.2, 0.25) is 4.34 Å². The first-order valence-electron chi connectivity index (χ1n) is 7.06. The number of rotatable bonds is 4. The third kappa shape index (κ3) is 3.22. The first-order valence-corrected chi connectivity index (χ1v) is 8.25. The molecule has 0 spiro atoms. The molecule has 1 fully saturated rings. The predicted molar refractivity (Wildman–Crippen MR) is 89.4 cm³/mol. The highest BCUT2D eigenvalue weighted by molar-refractivity contribution is 7.16. The molecule has 3 nitrogen and oxygen atoms in total. The van der Waals surface area contributed by atoms with Gasteiger partial charge in [0.1, 0.15) is 0 Å². The summed E-state index contributed by atoms with van der Waals surface area (Å²) in [4.78, 5) is 14.9. The van der Waals surface area contributed by atoms with Crippen molar-refractivity contribution in [1.82, 2.24) is 0 Å². The zero-order valence-electron chi connectivity index (χ0n) is 11.8. The van der Waals surface area contributed by atoms with Crippen LogP contribution in [0.4, 0.5) is 11.4 Å². The van der Waals surface area contributed by atoms with E-state index in [1.807, 2.05) is 41.3 Å². The van der Waals surface area contributed by atoms with Crippen molar-refractivity contribution in [3.8, 4) is 0 Å². The van der Waals surface area contributed by atoms with Crippen LogP contribution >= 0.6 is 22.9 Å². The maximum atomic E-state index is 11.8. The third-order valence-corrected chi connectivity index (χ3v) is 5.05. The number of carbonyl (C=O) groups excluding carboxylic acids is 1. The van der Waals surface area contributed by atoms with Gasteiger partial charge in [0.15, 0.2) is 0 Å². The second-order valence-electron chi connectivity index (χ2n) is 5.21. The van der Waals surface area contributed by atoms with Crippen LogP contribution in [0.15, 0.2) is 36.4 Å². The van der Waals surface area contributed by atoms with Crippen LogP contribution < -0.4 is 10.2 Å². The molecule has 0 bridgehead atoms. The lowest BCUT2D eigenvalue weighted by molar-refractivity contribution is -0.117. The van der Waals surface area contributed by atoms with Gasteiger partial charge < -0.3 is 10.2 Å². The van der Waals surface area contributed by atoms with E-state index in [2.05, 4.69) is 12.2 Å². The van der Waals surface area contributed by atoms with E-state index in [1.54, 1.807) is 11.3 Å². The van der Waals surface area contributed by atoms with Crippen molar-refractivity contribution in [2.75, 3.05) is 16.8 Å². The van der Waals surface area contributed by atoms with E-state index in [9.17, 15) is 4.79 Å². The van der Waals surface area contributed by atoms with Crippen molar-refractivity contribution in [2.24, 2.45) is 0 Å². The van der Waals surface area contributed by atoms with Crippen molar-refractivity contribution in [3.63, 3.8) is 0 Å². The first-order chi connectivity index (χ1) is 10.1. The van der Waals surface area contributed by atoms with Crippen LogP contribution in [0.3, 0.4) is 0 Å². The van der Waals surface area contributed by atoms with Crippen LogP contribution in [0.5, 0.6) is 0 Å². The number of nitrogens with one attached hydrogen (secondary N) is 1. The third-order valence-electron chi connectivity index (χ3n) is 3.64. The summed E-state index contributed by atoms with van der Waals surface area (Å²) >= 11 is 7.56. The Balaban J connectivity index is 1.75. The van der Waals surface area contributed by atoms with Gasteiger partial charge in [-0.15, -0.1) is 11.3 Å². The van der Waals surface area contributed by atoms with Crippen LogP contribution in [0.1, 0.15) is 30.7 Å². The largest absolute Gasteiger partial charge is 0.378 e. The molecule has 5 heteroatoms. The molecule has 1 aromatic carbocycles. The zero-order chi connectivity index (χ0) is 14.8. The molecule has 3 rings (SSSR count). The Labute approximate surface area is 133 Å². The number of hydrogen-bond donors (Lipinski definition) is 1. The van der Waals surface area contributed by atoms with E-state index < -0.39 is 0 Å². The Morgan fingerprint density at radius 3 is 2.86 bits per heavy atom. The number of halogens is 1. The molecule has 1 atom stereocenters. The number of nitrogens with zero attached hydrogens (tertiary/aromatic N) is 1. The average Bonchev–Trinajstić information content (AvgIpc) is 3.08. The highest BCUT2D eigenvalue weighted by atomic mass is 35.5. The van der Waals surface area contributed by atoms with Crippen LogP contribution in [-0.4, -0.2) is 12.5 Å². The number of benzene rings is 1. The molecule has 2 heterocycles. The fraction of sp³-hybridized carbons (Fsp3) is 0.312. The summed E-state index contributed by atoms with van der Waals surface area (Å²) in [5.74, 6) is 0.213. The van der Waals surface area contributed by atoms with Gasteiger partial charge in [-0.1, -0.05) is 17.7 Å². The SMILES string of the molecule is CC(Nc1cccc(N2CCCC2=O)c1)c1ccc(Cl)s1. The topological polar surface area (TPSA) is 32.3 Å². The summed E-state index contributed by atoms with van der Waals surface area (Å²) in [5, 5.41) is 3.46. The molecule has 110 valence electrons. The first kappa shape index (κ1) is 14.4. The van der Waals surface area contributed by atoms with Crippen molar-refractivity contribution in [1.29, 1.82) is 0 Å². The molecular weight excluding hydrogens is 304 g/mol. The molecule has 1 unspecified atom stereocenters. The quantitative estimate of drug-likeness (QED) is 0.885. The van der Waals surface area contributed by atoms with Gasteiger partial charge in [0.2, 0.25) is 5.91 Å². The average molecular weight is 321 g/mol. The van der Waals surface area contributed by atoms with Gasteiger partial charge in [-0.3, -0.25) is 4.79 Å². The van der Waals surface area contributed by atoms with Crippen molar-refractivity contribution < 1.29 is 4.79 Å². The fourth-order valence-corrected chi connectivity index (χ4v) is 3.63. The Morgan fingerprint density at radius 1 is 1.33 bits per heavy atom. The van der Waals surface area contributed by atoms with E-state index in [4.69, 9.17) is 11.6 Å². The fourth-order valence-electron chi connectivity index (χ4n) is 2.57. The van der Waals surface area contributed by atoms with Gasteiger partial charge in [-0.05, 0) is 43.7 Å². The zero-order valence-corrected chi connectivity index (χ0v) is 13.4. The van der Waals surface area contributed by atoms with Gasteiger partial charge in [0.25, 0.3) is 0 Å². The maximum Gasteiger partial charge on any atom is 0.227 e. The van der Waals surface area contributed by atoms with E-state index in [0.717, 1.165) is 28.7 Å². The van der Waals surface area contributed by atoms with Gasteiger partial charge in [-0.25, -0.2) is 0 Å². The van der Waals surface area contributed by atoms with Gasteiger partial charge in [-0.2, -0.15) is 0 Å². The highest BCUT2D eigenvalue weighted by Crippen LogP contribution is 2.30. The predicted octanol–water partition coefficient (Wildman–Crippen LogP) is 4.70. The van der Waals surface area contributed by atoms with Crippen molar-refractivity contribution >= 4 is 40.2 Å². The molecule has 0 aliphatic carbocycles. The molecule has 0 saturated carbocycles. The molecule has 21 heavy (non-hydrogen) atoms. The van der Waals surface area contributed by atoms with Crippen LogP contribution in [0, 0.1) is 0 Å². The van der Waals surface area contributed by atoms with Gasteiger partial charge >= 0.3 is 0 Å². The summed E-state index contributed by atoms with van der Waals surface area (Å²) < 4.78 is 0.801. The lowest BCUT2D eigenvalue weighted by atomic mass is 10.2. The van der Waals surface area contributed by atoms with E-state index in [1.165, 1.54) is 4.88 Å². The molecule has 1 aliphatic heterocycles. The summed E-state index contributed by atoms with van der Waals surface area (Å²) in [5.41, 5.74) is 1.99. The molecular formula is C16H17ClN2OS. The second-order valence-corrected chi connectivity index (χ2v) is 6.95. The van der Waals surface area contributed by atoms with Crippen LogP contribution in [-0.2, 0) is 4.79 Å². The van der Waals surface area contributed by atoms with Crippen molar-refractivity contribution in [2.45, 2.75) is 25.8 Å². The number of carbonyl (C=O) groups is 1. The van der Waals surface area contributed by atoms with Gasteiger partial charge in [0.05, 0.1) is 10.4 Å². The number of amides is 1. The molecule has 1 saturated heterocycles. The standard InChI is InChI=1S/C16H17ClN2OS/c1-11(14-7-8-15(17)21-14)18-12-4-2-5-13(10-12)19-9-3-6-16(19)20/h2,4-5,7-8,10-11,18H,3,6,9H2,1H3. The lowest BCUT2D eigenvalue weighted by Crippen LogP contribution is -2.23. The summed E-state index contributed by atoms with van der Waals surface area (Å²) in [6.45, 7) is 2.92. The van der Waals surface area contributed by atoms with E-state index in [-0.39, 0.29) is 11.9 Å². The summed E-state index contributed by atoms with van der Waals surface area (Å²) in [7, 11) is 0. The van der Waals surface area contributed by atoms with Gasteiger partial charge in [0, 0.05) is 29.2 Å². The molecule has 1 aromatic heterocycles. The van der Waals surface area contributed by atoms with E-state index >= 15 is 0 Å². The molecule has 1 amide bonds.